The first-order valence-electron chi connectivity index (χ1n) is 7.68. The fraction of sp³-hybridized carbons (Fsp3) is 0.368. The van der Waals surface area contributed by atoms with E-state index < -0.39 is 0 Å². The Morgan fingerprint density at radius 3 is 2.43 bits per heavy atom. The minimum Gasteiger partial charge on any atom is -0.310 e. The molecular weight excluding hydrogens is 274 g/mol. The molecule has 1 nitrogen and oxygen atoms in total. The molecule has 0 aliphatic heterocycles. The number of nitrogens with one attached hydrogen (secondary N) is 1. The van der Waals surface area contributed by atoms with Gasteiger partial charge in [0.15, 0.2) is 0 Å². The molecule has 21 heavy (non-hydrogen) atoms. The lowest BCUT2D eigenvalue weighted by atomic mass is 10.1. The number of aryl methyl sites for hydroxylation is 2. The molecule has 1 unspecified atom stereocenters. The Labute approximate surface area is 133 Å². The summed E-state index contributed by atoms with van der Waals surface area (Å²) in [7, 11) is 0. The van der Waals surface area contributed by atoms with Crippen molar-refractivity contribution in [2.75, 3.05) is 6.54 Å². The van der Waals surface area contributed by atoms with Gasteiger partial charge in [-0.15, -0.1) is 0 Å². The SMILES string of the molecule is CCCNC(C)c1ccc(Sc2cc(C)ccc2C)cc1. The van der Waals surface area contributed by atoms with E-state index in [1.54, 1.807) is 0 Å². The number of benzene rings is 2. The first-order valence-corrected chi connectivity index (χ1v) is 8.50. The summed E-state index contributed by atoms with van der Waals surface area (Å²) in [6.45, 7) is 9.81. The average Bonchev–Trinajstić information content (AvgIpc) is 2.49. The maximum absolute atomic E-state index is 3.53. The molecule has 2 aromatic rings. The summed E-state index contributed by atoms with van der Waals surface area (Å²) in [5.74, 6) is 0. The van der Waals surface area contributed by atoms with Crippen LogP contribution in [0.5, 0.6) is 0 Å². The second-order valence-electron chi connectivity index (χ2n) is 5.62. The molecule has 112 valence electrons. The highest BCUT2D eigenvalue weighted by Crippen LogP contribution is 2.31. The topological polar surface area (TPSA) is 12.0 Å². The standard InChI is InChI=1S/C19H25NS/c1-5-12-20-16(4)17-8-10-18(11-9-17)21-19-13-14(2)6-7-15(19)3/h6-11,13,16,20H,5,12H2,1-4H3. The van der Waals surface area contributed by atoms with E-state index in [4.69, 9.17) is 0 Å². The Hall–Kier alpha value is -1.25. The van der Waals surface area contributed by atoms with E-state index in [-0.39, 0.29) is 0 Å². The molecule has 0 radical (unpaired) electrons. The van der Waals surface area contributed by atoms with Crippen LogP contribution in [0.25, 0.3) is 0 Å². The molecule has 2 aromatic carbocycles. The zero-order valence-electron chi connectivity index (χ0n) is 13.4. The van der Waals surface area contributed by atoms with Crippen LogP contribution < -0.4 is 5.32 Å². The Balaban J connectivity index is 2.07. The van der Waals surface area contributed by atoms with Crippen molar-refractivity contribution in [1.29, 1.82) is 0 Å². The molecule has 0 fully saturated rings. The van der Waals surface area contributed by atoms with Crippen molar-refractivity contribution in [2.24, 2.45) is 0 Å². The highest BCUT2D eigenvalue weighted by atomic mass is 32.2. The van der Waals surface area contributed by atoms with E-state index in [1.807, 2.05) is 11.8 Å². The van der Waals surface area contributed by atoms with Crippen LogP contribution in [0.2, 0.25) is 0 Å². The van der Waals surface area contributed by atoms with Crippen LogP contribution >= 0.6 is 11.8 Å². The summed E-state index contributed by atoms with van der Waals surface area (Å²) in [6, 6.07) is 16.0. The van der Waals surface area contributed by atoms with Gasteiger partial charge in [-0.3, -0.25) is 0 Å². The van der Waals surface area contributed by atoms with Gasteiger partial charge in [-0.25, -0.2) is 0 Å². The largest absolute Gasteiger partial charge is 0.310 e. The van der Waals surface area contributed by atoms with E-state index in [0.29, 0.717) is 6.04 Å². The maximum Gasteiger partial charge on any atom is 0.0291 e. The number of hydrogen-bond acceptors (Lipinski definition) is 2. The van der Waals surface area contributed by atoms with E-state index in [1.165, 1.54) is 32.9 Å². The normalized spacial score (nSPS) is 12.4. The smallest absolute Gasteiger partial charge is 0.0291 e. The quantitative estimate of drug-likeness (QED) is 0.754. The fourth-order valence-corrected chi connectivity index (χ4v) is 3.25. The van der Waals surface area contributed by atoms with Gasteiger partial charge in [0.05, 0.1) is 0 Å². The minimum atomic E-state index is 0.421. The zero-order valence-corrected chi connectivity index (χ0v) is 14.3. The lowest BCUT2D eigenvalue weighted by molar-refractivity contribution is 0.570. The van der Waals surface area contributed by atoms with Crippen LogP contribution in [0.4, 0.5) is 0 Å². The summed E-state index contributed by atoms with van der Waals surface area (Å²) >= 11 is 1.85. The molecule has 0 spiro atoms. The van der Waals surface area contributed by atoms with E-state index in [2.05, 4.69) is 75.5 Å². The molecule has 1 N–H and O–H groups in total. The monoisotopic (exact) mass is 299 g/mol. The van der Waals surface area contributed by atoms with Gasteiger partial charge in [-0.05, 0) is 68.6 Å². The molecule has 0 saturated heterocycles. The third-order valence-electron chi connectivity index (χ3n) is 3.65. The first-order chi connectivity index (χ1) is 10.1. The molecule has 2 rings (SSSR count). The molecule has 0 bridgehead atoms. The predicted molar refractivity (Wildman–Crippen MR) is 93.2 cm³/mol. The summed E-state index contributed by atoms with van der Waals surface area (Å²) in [6.07, 6.45) is 1.17. The second kappa shape index (κ2) is 7.67. The highest BCUT2D eigenvalue weighted by Gasteiger charge is 2.05. The van der Waals surface area contributed by atoms with Gasteiger partial charge in [0.25, 0.3) is 0 Å². The van der Waals surface area contributed by atoms with Crippen LogP contribution in [0, 0.1) is 13.8 Å². The summed E-state index contributed by atoms with van der Waals surface area (Å²) in [4.78, 5) is 2.65. The average molecular weight is 299 g/mol. The molecule has 0 heterocycles. The van der Waals surface area contributed by atoms with Gasteiger partial charge < -0.3 is 5.32 Å². The van der Waals surface area contributed by atoms with Gasteiger partial charge in [-0.2, -0.15) is 0 Å². The lowest BCUT2D eigenvalue weighted by Crippen LogP contribution is -2.19. The van der Waals surface area contributed by atoms with Crippen LogP contribution in [0.3, 0.4) is 0 Å². The first kappa shape index (κ1) is 16.1. The van der Waals surface area contributed by atoms with Crippen molar-refractivity contribution in [3.05, 3.63) is 59.2 Å². The fourth-order valence-electron chi connectivity index (χ4n) is 2.25. The maximum atomic E-state index is 3.53. The molecule has 0 aliphatic rings. The van der Waals surface area contributed by atoms with E-state index in [0.717, 1.165) is 6.54 Å². The zero-order chi connectivity index (χ0) is 15.2. The van der Waals surface area contributed by atoms with Gasteiger partial charge in [-0.1, -0.05) is 43.0 Å². The van der Waals surface area contributed by atoms with Crippen molar-refractivity contribution in [3.63, 3.8) is 0 Å². The number of rotatable bonds is 6. The van der Waals surface area contributed by atoms with E-state index in [9.17, 15) is 0 Å². The molecule has 0 aromatic heterocycles. The minimum absolute atomic E-state index is 0.421. The van der Waals surface area contributed by atoms with Crippen LogP contribution in [0.15, 0.2) is 52.3 Å². The predicted octanol–water partition coefficient (Wildman–Crippen LogP) is 5.52. The van der Waals surface area contributed by atoms with Gasteiger partial charge >= 0.3 is 0 Å². The summed E-state index contributed by atoms with van der Waals surface area (Å²) < 4.78 is 0. The molecule has 0 saturated carbocycles. The van der Waals surface area contributed by atoms with Crippen LogP contribution in [-0.4, -0.2) is 6.54 Å². The van der Waals surface area contributed by atoms with Crippen molar-refractivity contribution in [2.45, 2.75) is 49.9 Å². The van der Waals surface area contributed by atoms with Crippen molar-refractivity contribution < 1.29 is 0 Å². The van der Waals surface area contributed by atoms with Crippen LogP contribution in [0.1, 0.15) is 43.0 Å². The third kappa shape index (κ3) is 4.62. The van der Waals surface area contributed by atoms with E-state index >= 15 is 0 Å². The summed E-state index contributed by atoms with van der Waals surface area (Å²) in [5, 5.41) is 3.53. The van der Waals surface area contributed by atoms with Crippen molar-refractivity contribution in [1.82, 2.24) is 5.32 Å². The lowest BCUT2D eigenvalue weighted by Gasteiger charge is -2.14. The van der Waals surface area contributed by atoms with Gasteiger partial charge in [0.1, 0.15) is 0 Å². The second-order valence-corrected chi connectivity index (χ2v) is 6.73. The summed E-state index contributed by atoms with van der Waals surface area (Å²) in [5.41, 5.74) is 4.01. The molecule has 0 aliphatic carbocycles. The third-order valence-corrected chi connectivity index (χ3v) is 4.82. The highest BCUT2D eigenvalue weighted by molar-refractivity contribution is 7.99. The van der Waals surface area contributed by atoms with Crippen LogP contribution in [-0.2, 0) is 0 Å². The Morgan fingerprint density at radius 2 is 1.76 bits per heavy atom. The number of hydrogen-bond donors (Lipinski definition) is 1. The van der Waals surface area contributed by atoms with Gasteiger partial charge in [0, 0.05) is 15.8 Å². The molecular formula is C19H25NS. The van der Waals surface area contributed by atoms with Crippen molar-refractivity contribution >= 4 is 11.8 Å². The Kier molecular flexibility index (Phi) is 5.89. The molecule has 0 amide bonds. The Morgan fingerprint density at radius 1 is 1.05 bits per heavy atom. The Bertz CT molecular complexity index is 575. The molecule has 1 atom stereocenters. The molecule has 2 heteroatoms. The van der Waals surface area contributed by atoms with Gasteiger partial charge in [0.2, 0.25) is 0 Å². The van der Waals surface area contributed by atoms with Crippen molar-refractivity contribution in [3.8, 4) is 0 Å².